The maximum atomic E-state index is 13.2. The van der Waals surface area contributed by atoms with Crippen molar-refractivity contribution < 1.29 is 13.6 Å². The number of carbonyl (C=O) groups is 1. The van der Waals surface area contributed by atoms with Crippen molar-refractivity contribution >= 4 is 5.91 Å². The Bertz CT molecular complexity index is 494. The molecule has 1 aromatic carbocycles. The van der Waals surface area contributed by atoms with Crippen LogP contribution >= 0.6 is 0 Å². The molecule has 2 aromatic rings. The summed E-state index contributed by atoms with van der Waals surface area (Å²) in [6, 6.07) is 4.23. The fourth-order valence-electron chi connectivity index (χ4n) is 1.17. The molecule has 0 N–H and O–H groups in total. The molecule has 2 rings (SSSR count). The molecule has 76 valence electrons. The Labute approximate surface area is 84.0 Å². The van der Waals surface area contributed by atoms with Gasteiger partial charge in [-0.3, -0.25) is 4.79 Å². The molecule has 0 bridgehead atoms. The largest absolute Gasteiger partial charge is 0.281 e. The number of hydrogen-bond donors (Lipinski definition) is 0. The molecule has 0 saturated heterocycles. The van der Waals surface area contributed by atoms with Gasteiger partial charge < -0.3 is 0 Å². The van der Waals surface area contributed by atoms with Crippen LogP contribution in [-0.4, -0.2) is 15.7 Å². The van der Waals surface area contributed by atoms with Gasteiger partial charge in [-0.25, -0.2) is 13.5 Å². The molecular weight excluding hydrogens is 202 g/mol. The number of aromatic nitrogens is 2. The molecule has 5 heteroatoms. The summed E-state index contributed by atoms with van der Waals surface area (Å²) in [4.78, 5) is 11.6. The van der Waals surface area contributed by atoms with E-state index in [9.17, 15) is 13.6 Å². The van der Waals surface area contributed by atoms with E-state index < -0.39 is 17.5 Å². The molecule has 0 atom stereocenters. The summed E-state index contributed by atoms with van der Waals surface area (Å²) in [6.45, 7) is 0. The van der Waals surface area contributed by atoms with E-state index in [1.54, 1.807) is 0 Å². The number of rotatable bonds is 1. The average Bonchev–Trinajstić information content (AvgIpc) is 2.74. The zero-order valence-corrected chi connectivity index (χ0v) is 7.52. The fraction of sp³-hybridized carbons (Fsp3) is 0. The molecule has 0 aliphatic heterocycles. The van der Waals surface area contributed by atoms with Crippen molar-refractivity contribution in [3.8, 4) is 0 Å². The van der Waals surface area contributed by atoms with Crippen LogP contribution in [0.5, 0.6) is 0 Å². The summed E-state index contributed by atoms with van der Waals surface area (Å²) >= 11 is 0. The first-order chi connectivity index (χ1) is 7.18. The Balaban J connectivity index is 2.46. The van der Waals surface area contributed by atoms with Crippen LogP contribution in [0.25, 0.3) is 0 Å². The Morgan fingerprint density at radius 1 is 1.33 bits per heavy atom. The first-order valence-electron chi connectivity index (χ1n) is 4.18. The fourth-order valence-corrected chi connectivity index (χ4v) is 1.17. The highest BCUT2D eigenvalue weighted by Gasteiger charge is 2.14. The molecule has 0 aliphatic carbocycles. The number of nitrogens with zero attached hydrogens (tertiary/aromatic N) is 2. The number of hydrogen-bond acceptors (Lipinski definition) is 2. The van der Waals surface area contributed by atoms with E-state index in [4.69, 9.17) is 0 Å². The van der Waals surface area contributed by atoms with E-state index in [0.29, 0.717) is 0 Å². The minimum Gasteiger partial charge on any atom is -0.267 e. The van der Waals surface area contributed by atoms with Crippen molar-refractivity contribution in [2.75, 3.05) is 0 Å². The highest BCUT2D eigenvalue weighted by atomic mass is 19.1. The smallest absolute Gasteiger partial charge is 0.267 e. The molecular formula is C10H6F2N2O. The lowest BCUT2D eigenvalue weighted by molar-refractivity contribution is 0.0940. The summed E-state index contributed by atoms with van der Waals surface area (Å²) in [5.74, 6) is -2.12. The summed E-state index contributed by atoms with van der Waals surface area (Å²) in [5, 5.41) is 3.64. The van der Waals surface area contributed by atoms with Crippen LogP contribution in [0.2, 0.25) is 0 Å². The van der Waals surface area contributed by atoms with Gasteiger partial charge in [0.05, 0.1) is 5.56 Å². The van der Waals surface area contributed by atoms with Crippen LogP contribution in [0.3, 0.4) is 0 Å². The predicted octanol–water partition coefficient (Wildman–Crippen LogP) is 1.85. The van der Waals surface area contributed by atoms with Gasteiger partial charge in [-0.1, -0.05) is 0 Å². The number of halogens is 2. The molecule has 1 aromatic heterocycles. The zero-order valence-electron chi connectivity index (χ0n) is 7.52. The lowest BCUT2D eigenvalue weighted by atomic mass is 10.2. The second kappa shape index (κ2) is 3.61. The molecule has 0 unspecified atom stereocenters. The quantitative estimate of drug-likeness (QED) is 0.716. The summed E-state index contributed by atoms with van der Waals surface area (Å²) in [5.41, 5.74) is -0.335. The SMILES string of the molecule is O=C(c1cc(F)ccc1F)n1cccn1. The Morgan fingerprint density at radius 2 is 2.13 bits per heavy atom. The third-order valence-electron chi connectivity index (χ3n) is 1.87. The van der Waals surface area contributed by atoms with E-state index in [2.05, 4.69) is 5.10 Å². The van der Waals surface area contributed by atoms with Gasteiger partial charge >= 0.3 is 0 Å². The highest BCUT2D eigenvalue weighted by Crippen LogP contribution is 2.10. The maximum absolute atomic E-state index is 13.2. The van der Waals surface area contributed by atoms with E-state index >= 15 is 0 Å². The van der Waals surface area contributed by atoms with Crippen molar-refractivity contribution in [1.29, 1.82) is 0 Å². The summed E-state index contributed by atoms with van der Waals surface area (Å²) < 4.78 is 26.9. The van der Waals surface area contributed by atoms with Gasteiger partial charge in [0.1, 0.15) is 11.6 Å². The van der Waals surface area contributed by atoms with Gasteiger partial charge in [0.15, 0.2) is 0 Å². The zero-order chi connectivity index (χ0) is 10.8. The van der Waals surface area contributed by atoms with Crippen LogP contribution in [0.4, 0.5) is 8.78 Å². The van der Waals surface area contributed by atoms with Crippen LogP contribution < -0.4 is 0 Å². The minimum atomic E-state index is -0.767. The van der Waals surface area contributed by atoms with Crippen molar-refractivity contribution in [2.24, 2.45) is 0 Å². The van der Waals surface area contributed by atoms with Crippen LogP contribution in [0.1, 0.15) is 10.4 Å². The van der Waals surface area contributed by atoms with Gasteiger partial charge in [-0.2, -0.15) is 5.10 Å². The van der Waals surface area contributed by atoms with E-state index in [1.165, 1.54) is 18.5 Å². The molecule has 0 fully saturated rings. The van der Waals surface area contributed by atoms with Gasteiger partial charge in [0.25, 0.3) is 5.91 Å². The first-order valence-corrected chi connectivity index (χ1v) is 4.18. The normalized spacial score (nSPS) is 10.3. The van der Waals surface area contributed by atoms with Gasteiger partial charge in [-0.05, 0) is 24.3 Å². The van der Waals surface area contributed by atoms with E-state index in [1.807, 2.05) is 0 Å². The van der Waals surface area contributed by atoms with E-state index in [-0.39, 0.29) is 5.56 Å². The first kappa shape index (κ1) is 9.51. The van der Waals surface area contributed by atoms with Gasteiger partial charge in [-0.15, -0.1) is 0 Å². The molecule has 3 nitrogen and oxygen atoms in total. The summed E-state index contributed by atoms with van der Waals surface area (Å²) in [7, 11) is 0. The molecule has 1 heterocycles. The average molecular weight is 208 g/mol. The van der Waals surface area contributed by atoms with E-state index in [0.717, 1.165) is 22.9 Å². The second-order valence-electron chi connectivity index (χ2n) is 2.88. The Hall–Kier alpha value is -2.04. The van der Waals surface area contributed by atoms with Crippen molar-refractivity contribution in [3.63, 3.8) is 0 Å². The van der Waals surface area contributed by atoms with Crippen LogP contribution in [-0.2, 0) is 0 Å². The van der Waals surface area contributed by atoms with Crippen molar-refractivity contribution in [3.05, 3.63) is 53.9 Å². The van der Waals surface area contributed by atoms with Crippen LogP contribution in [0.15, 0.2) is 36.7 Å². The Morgan fingerprint density at radius 3 is 2.80 bits per heavy atom. The number of carbonyl (C=O) groups excluding carboxylic acids is 1. The third-order valence-corrected chi connectivity index (χ3v) is 1.87. The molecule has 15 heavy (non-hydrogen) atoms. The third kappa shape index (κ3) is 1.76. The molecule has 0 amide bonds. The lowest BCUT2D eigenvalue weighted by Crippen LogP contribution is -2.14. The molecule has 0 saturated carbocycles. The van der Waals surface area contributed by atoms with Gasteiger partial charge in [0, 0.05) is 12.4 Å². The predicted molar refractivity (Wildman–Crippen MR) is 48.3 cm³/mol. The standard InChI is InChI=1S/C10H6F2N2O/c11-7-2-3-9(12)8(6-7)10(15)14-5-1-4-13-14/h1-6H. The second-order valence-corrected chi connectivity index (χ2v) is 2.88. The van der Waals surface area contributed by atoms with Crippen molar-refractivity contribution in [1.82, 2.24) is 9.78 Å². The Kier molecular flexibility index (Phi) is 2.29. The van der Waals surface area contributed by atoms with Crippen molar-refractivity contribution in [2.45, 2.75) is 0 Å². The molecule has 0 spiro atoms. The number of benzene rings is 1. The maximum Gasteiger partial charge on any atom is 0.281 e. The molecule has 0 aliphatic rings. The monoisotopic (exact) mass is 208 g/mol. The van der Waals surface area contributed by atoms with Crippen LogP contribution in [0, 0.1) is 11.6 Å². The molecule has 0 radical (unpaired) electrons. The summed E-state index contributed by atoms with van der Waals surface area (Å²) in [6.07, 6.45) is 2.75. The minimum absolute atomic E-state index is 0.335. The lowest BCUT2D eigenvalue weighted by Gasteiger charge is -2.01. The highest BCUT2D eigenvalue weighted by molar-refractivity contribution is 5.95. The van der Waals surface area contributed by atoms with Gasteiger partial charge in [0.2, 0.25) is 0 Å². The topological polar surface area (TPSA) is 34.9 Å².